The summed E-state index contributed by atoms with van der Waals surface area (Å²) in [6, 6.07) is 4.07. The maximum Gasteiger partial charge on any atom is 0.408 e. The molecular weight excluding hydrogens is 474 g/mol. The van der Waals surface area contributed by atoms with Crippen molar-refractivity contribution in [3.63, 3.8) is 0 Å². The van der Waals surface area contributed by atoms with Gasteiger partial charge < -0.3 is 20.3 Å². The fraction of sp³-hybridized carbons (Fsp3) is 0.607. The minimum absolute atomic E-state index is 0.0396. The maximum absolute atomic E-state index is 14.0. The molecule has 3 unspecified atom stereocenters. The second kappa shape index (κ2) is 14.9. The third kappa shape index (κ3) is 9.88. The van der Waals surface area contributed by atoms with E-state index in [9.17, 15) is 14.4 Å². The molecule has 8 heteroatoms. The first kappa shape index (κ1) is 31.5. The van der Waals surface area contributed by atoms with E-state index in [4.69, 9.17) is 4.74 Å². The average Bonchev–Trinajstić information content (AvgIpc) is 2.76. The van der Waals surface area contributed by atoms with E-state index in [0.29, 0.717) is 12.2 Å². The van der Waals surface area contributed by atoms with Gasteiger partial charge in [0.05, 0.1) is 0 Å². The number of carbonyl (C=O) groups is 3. The number of amides is 3. The molecule has 0 fully saturated rings. The van der Waals surface area contributed by atoms with Gasteiger partial charge in [0.1, 0.15) is 17.7 Å². The van der Waals surface area contributed by atoms with Crippen LogP contribution in [0.15, 0.2) is 30.9 Å². The molecule has 1 aromatic rings. The number of alkyl carbamates (subject to hydrolysis) is 1. The smallest absolute Gasteiger partial charge is 0.408 e. The van der Waals surface area contributed by atoms with Gasteiger partial charge in [-0.1, -0.05) is 37.6 Å². The van der Waals surface area contributed by atoms with Gasteiger partial charge in [-0.2, -0.15) is 11.8 Å². The van der Waals surface area contributed by atoms with Crippen LogP contribution in [-0.4, -0.2) is 59.0 Å². The Morgan fingerprint density at radius 1 is 1.14 bits per heavy atom. The SMILES string of the molecule is C=CCN(C(=O)C(CCSC)NC(=O)OC(C)(C)C)C(C(=O)NC(C)CCC)c1c(C)cccc1C. The van der Waals surface area contributed by atoms with Crippen LogP contribution in [0.2, 0.25) is 0 Å². The van der Waals surface area contributed by atoms with Gasteiger partial charge in [0, 0.05) is 12.6 Å². The van der Waals surface area contributed by atoms with Crippen LogP contribution in [0.5, 0.6) is 0 Å². The highest BCUT2D eigenvalue weighted by atomic mass is 32.2. The van der Waals surface area contributed by atoms with E-state index in [0.717, 1.165) is 29.5 Å². The molecule has 0 bridgehead atoms. The van der Waals surface area contributed by atoms with Crippen molar-refractivity contribution in [2.75, 3.05) is 18.6 Å². The Morgan fingerprint density at radius 3 is 2.25 bits per heavy atom. The molecule has 0 aliphatic heterocycles. The van der Waals surface area contributed by atoms with Crippen molar-refractivity contribution >= 4 is 29.7 Å². The lowest BCUT2D eigenvalue weighted by molar-refractivity contribution is -0.142. The van der Waals surface area contributed by atoms with Crippen LogP contribution in [0, 0.1) is 13.8 Å². The molecule has 0 heterocycles. The summed E-state index contributed by atoms with van der Waals surface area (Å²) in [7, 11) is 0. The number of thioether (sulfide) groups is 1. The third-order valence-electron chi connectivity index (χ3n) is 5.69. The number of nitrogens with zero attached hydrogens (tertiary/aromatic N) is 1. The molecule has 202 valence electrons. The van der Waals surface area contributed by atoms with Gasteiger partial charge in [0.2, 0.25) is 11.8 Å². The van der Waals surface area contributed by atoms with E-state index in [2.05, 4.69) is 24.1 Å². The molecule has 0 aliphatic carbocycles. The molecule has 3 amide bonds. The number of nitrogens with one attached hydrogen (secondary N) is 2. The molecular formula is C28H45N3O4S. The molecule has 2 N–H and O–H groups in total. The van der Waals surface area contributed by atoms with E-state index in [1.54, 1.807) is 38.6 Å². The van der Waals surface area contributed by atoms with Crippen molar-refractivity contribution in [2.24, 2.45) is 0 Å². The topological polar surface area (TPSA) is 87.7 Å². The Bertz CT molecular complexity index is 877. The molecule has 7 nitrogen and oxygen atoms in total. The fourth-order valence-electron chi connectivity index (χ4n) is 4.12. The zero-order chi connectivity index (χ0) is 27.5. The Labute approximate surface area is 221 Å². The molecule has 0 aromatic heterocycles. The van der Waals surface area contributed by atoms with Crippen molar-refractivity contribution in [2.45, 2.75) is 91.5 Å². The van der Waals surface area contributed by atoms with Gasteiger partial charge in [-0.15, -0.1) is 6.58 Å². The molecule has 1 aromatic carbocycles. The molecule has 0 saturated heterocycles. The van der Waals surface area contributed by atoms with Crippen LogP contribution in [0.4, 0.5) is 4.79 Å². The third-order valence-corrected chi connectivity index (χ3v) is 6.34. The van der Waals surface area contributed by atoms with Crippen molar-refractivity contribution in [1.29, 1.82) is 0 Å². The standard InChI is InChI=1S/C28H45N3O4S/c1-10-13-21(5)29-25(32)24(23-19(3)14-12-15-20(23)4)31(17-11-2)26(33)22(16-18-36-9)30-27(34)35-28(6,7)8/h11-12,14-15,21-22,24H,2,10,13,16-18H2,1,3-9H3,(H,29,32)(H,30,34). The van der Waals surface area contributed by atoms with Crippen molar-refractivity contribution in [3.05, 3.63) is 47.5 Å². The van der Waals surface area contributed by atoms with Crippen molar-refractivity contribution < 1.29 is 19.1 Å². The van der Waals surface area contributed by atoms with E-state index < -0.39 is 23.8 Å². The number of hydrogen-bond donors (Lipinski definition) is 2. The molecule has 0 saturated carbocycles. The first-order valence-electron chi connectivity index (χ1n) is 12.6. The van der Waals surface area contributed by atoms with Crippen LogP contribution >= 0.6 is 11.8 Å². The quantitative estimate of drug-likeness (QED) is 0.345. The molecule has 0 spiro atoms. The Morgan fingerprint density at radius 2 is 1.75 bits per heavy atom. The van der Waals surface area contributed by atoms with Crippen LogP contribution in [0.1, 0.15) is 76.6 Å². The number of ether oxygens (including phenoxy) is 1. The van der Waals surface area contributed by atoms with Gasteiger partial charge in [-0.25, -0.2) is 4.79 Å². The van der Waals surface area contributed by atoms with Crippen LogP contribution < -0.4 is 10.6 Å². The molecule has 3 atom stereocenters. The zero-order valence-corrected chi connectivity index (χ0v) is 24.1. The van der Waals surface area contributed by atoms with E-state index in [1.807, 2.05) is 45.2 Å². The van der Waals surface area contributed by atoms with E-state index in [-0.39, 0.29) is 24.4 Å². The highest BCUT2D eigenvalue weighted by molar-refractivity contribution is 7.98. The van der Waals surface area contributed by atoms with Gasteiger partial charge >= 0.3 is 6.09 Å². The number of benzene rings is 1. The summed E-state index contributed by atoms with van der Waals surface area (Å²) in [6.07, 6.45) is 5.06. The van der Waals surface area contributed by atoms with E-state index in [1.165, 1.54) is 4.90 Å². The predicted molar refractivity (Wildman–Crippen MR) is 149 cm³/mol. The summed E-state index contributed by atoms with van der Waals surface area (Å²) in [5.41, 5.74) is 1.92. The maximum atomic E-state index is 14.0. The molecule has 0 radical (unpaired) electrons. The Balaban J connectivity index is 3.51. The number of carbonyl (C=O) groups excluding carboxylic acids is 3. The summed E-state index contributed by atoms with van der Waals surface area (Å²) in [5, 5.41) is 5.85. The first-order chi connectivity index (χ1) is 16.9. The fourth-order valence-corrected chi connectivity index (χ4v) is 4.59. The Hall–Kier alpha value is -2.48. The van der Waals surface area contributed by atoms with Gasteiger partial charge in [-0.05, 0) is 83.1 Å². The highest BCUT2D eigenvalue weighted by Crippen LogP contribution is 2.29. The normalized spacial score (nSPS) is 13.8. The molecule has 1 rings (SSSR count). The van der Waals surface area contributed by atoms with E-state index >= 15 is 0 Å². The zero-order valence-electron chi connectivity index (χ0n) is 23.3. The minimum Gasteiger partial charge on any atom is -0.444 e. The van der Waals surface area contributed by atoms with Gasteiger partial charge in [0.15, 0.2) is 0 Å². The highest BCUT2D eigenvalue weighted by Gasteiger charge is 2.37. The summed E-state index contributed by atoms with van der Waals surface area (Å²) in [6.45, 7) is 17.2. The van der Waals surface area contributed by atoms with Crippen LogP contribution in [0.3, 0.4) is 0 Å². The first-order valence-corrected chi connectivity index (χ1v) is 14.0. The molecule has 0 aliphatic rings. The summed E-state index contributed by atoms with van der Waals surface area (Å²) in [4.78, 5) is 41.9. The minimum atomic E-state index is -0.867. The monoisotopic (exact) mass is 519 g/mol. The number of hydrogen-bond acceptors (Lipinski definition) is 5. The number of aryl methyl sites for hydroxylation is 2. The average molecular weight is 520 g/mol. The lowest BCUT2D eigenvalue weighted by Crippen LogP contribution is -2.54. The second-order valence-corrected chi connectivity index (χ2v) is 11.2. The lowest BCUT2D eigenvalue weighted by atomic mass is 9.93. The predicted octanol–water partition coefficient (Wildman–Crippen LogP) is 5.31. The van der Waals surface area contributed by atoms with Gasteiger partial charge in [-0.3, -0.25) is 9.59 Å². The summed E-state index contributed by atoms with van der Waals surface area (Å²) in [5.74, 6) is 0.0623. The largest absolute Gasteiger partial charge is 0.444 e. The van der Waals surface area contributed by atoms with Crippen LogP contribution in [0.25, 0.3) is 0 Å². The summed E-state index contributed by atoms with van der Waals surface area (Å²) >= 11 is 1.58. The van der Waals surface area contributed by atoms with Gasteiger partial charge in [0.25, 0.3) is 0 Å². The van der Waals surface area contributed by atoms with Crippen molar-refractivity contribution in [1.82, 2.24) is 15.5 Å². The van der Waals surface area contributed by atoms with Crippen LogP contribution in [-0.2, 0) is 14.3 Å². The molecule has 36 heavy (non-hydrogen) atoms. The van der Waals surface area contributed by atoms with Crippen molar-refractivity contribution in [3.8, 4) is 0 Å². The Kier molecular flexibility index (Phi) is 13.1. The lowest BCUT2D eigenvalue weighted by Gasteiger charge is -2.35. The summed E-state index contributed by atoms with van der Waals surface area (Å²) < 4.78 is 5.42. The number of rotatable bonds is 13. The second-order valence-electron chi connectivity index (χ2n) is 10.2.